The summed E-state index contributed by atoms with van der Waals surface area (Å²) >= 11 is 6.56. The lowest BCUT2D eigenvalue weighted by Gasteiger charge is -2.45. The number of aliphatic hydroxyl groups excluding tert-OH is 1. The van der Waals surface area contributed by atoms with Crippen LogP contribution in [0.4, 0.5) is 0 Å². The molecule has 3 saturated heterocycles. The van der Waals surface area contributed by atoms with E-state index in [1.54, 1.807) is 24.3 Å². The third-order valence-electron chi connectivity index (χ3n) is 12.0. The van der Waals surface area contributed by atoms with Crippen LogP contribution in [0.3, 0.4) is 0 Å². The first-order valence-electron chi connectivity index (χ1n) is 20.2. The Morgan fingerprint density at radius 3 is 2.60 bits per heavy atom. The number of aromatic amines is 1. The first-order chi connectivity index (χ1) is 27.6. The molecule has 0 radical (unpaired) electrons. The average molecular weight is 801 g/mol. The maximum atomic E-state index is 14.0. The van der Waals surface area contributed by atoms with Gasteiger partial charge in [0, 0.05) is 49.3 Å². The monoisotopic (exact) mass is 800 g/mol. The Morgan fingerprint density at radius 1 is 1.04 bits per heavy atom. The maximum absolute atomic E-state index is 14.0. The van der Waals surface area contributed by atoms with Crippen LogP contribution in [-0.2, 0) is 32.7 Å². The lowest BCUT2D eigenvalue weighted by atomic mass is 9.69. The summed E-state index contributed by atoms with van der Waals surface area (Å²) in [5.41, 5.74) is 2.77. The number of ether oxygens (including phenoxy) is 3. The van der Waals surface area contributed by atoms with Gasteiger partial charge in [-0.3, -0.25) is 19.3 Å². The average Bonchev–Trinajstić information content (AvgIpc) is 3.23. The van der Waals surface area contributed by atoms with Crippen LogP contribution in [0, 0.1) is 5.92 Å². The normalized spacial score (nSPS) is 20.5. The Bertz CT molecular complexity index is 2110. The number of carbonyl (C=O) groups is 2. The fourth-order valence-corrected chi connectivity index (χ4v) is 9.06. The number of piperidine rings is 3. The molecule has 4 aliphatic rings. The molecule has 304 valence electrons. The number of methoxy groups -OCH3 is 1. The Balaban J connectivity index is 0.876. The molecule has 2 atom stereocenters. The summed E-state index contributed by atoms with van der Waals surface area (Å²) in [4.78, 5) is 43.5. The van der Waals surface area contributed by atoms with Gasteiger partial charge in [-0.25, -0.2) is 0 Å². The molecule has 4 heterocycles. The number of halogens is 1. The summed E-state index contributed by atoms with van der Waals surface area (Å²) < 4.78 is 17.7. The van der Waals surface area contributed by atoms with E-state index in [4.69, 9.17) is 25.8 Å². The van der Waals surface area contributed by atoms with Gasteiger partial charge >= 0.3 is 5.97 Å². The van der Waals surface area contributed by atoms with Crippen LogP contribution in [0.25, 0.3) is 10.9 Å². The van der Waals surface area contributed by atoms with E-state index in [1.807, 2.05) is 6.07 Å². The smallest absolute Gasteiger partial charge is 0.316 e. The first kappa shape index (κ1) is 40.6. The van der Waals surface area contributed by atoms with E-state index in [2.05, 4.69) is 38.7 Å². The number of pyridine rings is 1. The summed E-state index contributed by atoms with van der Waals surface area (Å²) in [6.45, 7) is 3.79. The lowest BCUT2D eigenvalue weighted by Crippen LogP contribution is -2.53. The van der Waals surface area contributed by atoms with E-state index in [9.17, 15) is 24.6 Å². The standard InChI is InChI=1S/C44H53ClN4O8/c1-55-37-23-38(34(45)22-30(37)24-46-25-36(51)32-10-12-35(50)42-33(32)11-13-40(52)48-42)56-27-41(53)47-18-6-8-28-7-5-9-31(21-28)44(16-3-2-4-17-44)43(54)57-39-26-49-19-14-29(39)15-20-49/h5,7,9-13,21-23,29,36,39,46,50-51H,2-4,6,8,14-20,24-27H2,1H3,(H,47,53)(H,48,52)/t36-,39?/m0/s1. The fraction of sp³-hybridized carbons (Fsp3) is 0.477. The van der Waals surface area contributed by atoms with Crippen molar-refractivity contribution in [3.63, 3.8) is 0 Å². The van der Waals surface area contributed by atoms with Gasteiger partial charge in [-0.15, -0.1) is 0 Å². The van der Waals surface area contributed by atoms with Crippen molar-refractivity contribution in [3.8, 4) is 17.2 Å². The number of carbonyl (C=O) groups excluding carboxylic acids is 2. The van der Waals surface area contributed by atoms with Crippen LogP contribution in [0.1, 0.15) is 79.7 Å². The van der Waals surface area contributed by atoms with E-state index in [0.717, 1.165) is 94.1 Å². The van der Waals surface area contributed by atoms with Gasteiger partial charge in [-0.1, -0.05) is 61.2 Å². The number of H-pyrrole nitrogens is 1. The molecule has 12 nitrogen and oxygen atoms in total. The molecule has 1 saturated carbocycles. The number of aromatic nitrogens is 1. The minimum atomic E-state index is -0.935. The highest BCUT2D eigenvalue weighted by Gasteiger charge is 2.46. The van der Waals surface area contributed by atoms with Crippen LogP contribution in [0.15, 0.2) is 65.5 Å². The third-order valence-corrected chi connectivity index (χ3v) is 12.3. The van der Waals surface area contributed by atoms with Gasteiger partial charge in [-0.2, -0.15) is 0 Å². The van der Waals surface area contributed by atoms with E-state index in [1.165, 1.54) is 19.2 Å². The second kappa shape index (κ2) is 18.3. The molecule has 8 rings (SSSR count). The van der Waals surface area contributed by atoms with Crippen molar-refractivity contribution in [2.75, 3.05) is 46.4 Å². The number of fused-ring (bicyclic) bond motifs is 4. The molecular weight excluding hydrogens is 748 g/mol. The molecule has 5 N–H and O–H groups in total. The number of amides is 1. The number of aliphatic hydroxyl groups is 1. The van der Waals surface area contributed by atoms with Crippen LogP contribution in [0.5, 0.6) is 17.2 Å². The Hall–Kier alpha value is -4.62. The van der Waals surface area contributed by atoms with E-state index in [0.29, 0.717) is 46.5 Å². The molecule has 1 unspecified atom stereocenters. The SMILES string of the molecule is COc1cc(OCC(=O)NCCCc2cccc(C3(C(=O)OC4CN5CCC4CC5)CCCCC3)c2)c(Cl)cc1CNC[C@H](O)c1ccc(O)c2[nH]c(=O)ccc12. The number of esters is 1. The molecule has 1 aromatic heterocycles. The summed E-state index contributed by atoms with van der Waals surface area (Å²) in [5, 5.41) is 28.1. The quantitative estimate of drug-likeness (QED) is 0.0704. The van der Waals surface area contributed by atoms with Gasteiger partial charge in [0.05, 0.1) is 29.2 Å². The van der Waals surface area contributed by atoms with Crippen molar-refractivity contribution in [3.05, 3.63) is 98.3 Å². The minimum Gasteiger partial charge on any atom is -0.506 e. The van der Waals surface area contributed by atoms with E-state index >= 15 is 0 Å². The van der Waals surface area contributed by atoms with Crippen LogP contribution in [0.2, 0.25) is 5.02 Å². The number of phenols is 1. The molecular formula is C44H53ClN4O8. The van der Waals surface area contributed by atoms with Crippen molar-refractivity contribution in [1.29, 1.82) is 0 Å². The van der Waals surface area contributed by atoms with Gasteiger partial charge < -0.3 is 40.0 Å². The molecule has 4 aromatic rings. The Kier molecular flexibility index (Phi) is 13.0. The first-order valence-corrected chi connectivity index (χ1v) is 20.5. The van der Waals surface area contributed by atoms with E-state index in [-0.39, 0.29) is 48.0 Å². The molecule has 57 heavy (non-hydrogen) atoms. The molecule has 1 amide bonds. The Labute approximate surface area is 337 Å². The van der Waals surface area contributed by atoms with Crippen LogP contribution in [-0.4, -0.2) is 84.5 Å². The predicted molar refractivity (Wildman–Crippen MR) is 218 cm³/mol. The molecule has 13 heteroatoms. The summed E-state index contributed by atoms with van der Waals surface area (Å²) in [6.07, 6.45) is 7.57. The summed E-state index contributed by atoms with van der Waals surface area (Å²) in [5.74, 6) is 0.870. The number of nitrogens with one attached hydrogen (secondary N) is 3. The number of aryl methyl sites for hydroxylation is 1. The molecule has 4 fully saturated rings. The zero-order valence-electron chi connectivity index (χ0n) is 32.5. The number of hydrogen-bond acceptors (Lipinski definition) is 10. The van der Waals surface area contributed by atoms with Crippen molar-refractivity contribution >= 4 is 34.4 Å². The van der Waals surface area contributed by atoms with Crippen molar-refractivity contribution in [1.82, 2.24) is 20.5 Å². The van der Waals surface area contributed by atoms with Gasteiger partial charge in [0.15, 0.2) is 6.61 Å². The molecule has 1 aliphatic carbocycles. The second-order valence-corrected chi connectivity index (χ2v) is 16.1. The number of rotatable bonds is 16. The number of benzene rings is 3. The highest BCUT2D eigenvalue weighted by molar-refractivity contribution is 6.32. The third kappa shape index (κ3) is 9.41. The highest BCUT2D eigenvalue weighted by Crippen LogP contribution is 2.42. The summed E-state index contributed by atoms with van der Waals surface area (Å²) in [6, 6.07) is 17.7. The number of aromatic hydroxyl groups is 1. The van der Waals surface area contributed by atoms with Crippen LogP contribution < -0.4 is 25.7 Å². The minimum absolute atomic E-state index is 0.00191. The van der Waals surface area contributed by atoms with Crippen molar-refractivity contribution in [2.45, 2.75) is 82.0 Å². The number of nitrogens with zero attached hydrogens (tertiary/aromatic N) is 1. The molecule has 3 aromatic carbocycles. The van der Waals surface area contributed by atoms with Crippen LogP contribution >= 0.6 is 11.6 Å². The van der Waals surface area contributed by atoms with Gasteiger partial charge in [-0.05, 0) is 92.4 Å². The maximum Gasteiger partial charge on any atom is 0.316 e. The lowest BCUT2D eigenvalue weighted by molar-refractivity contribution is -0.167. The highest BCUT2D eigenvalue weighted by atomic mass is 35.5. The van der Waals surface area contributed by atoms with Crippen molar-refractivity contribution in [2.24, 2.45) is 5.92 Å². The molecule has 3 aliphatic heterocycles. The predicted octanol–water partition coefficient (Wildman–Crippen LogP) is 5.69. The summed E-state index contributed by atoms with van der Waals surface area (Å²) in [7, 11) is 1.52. The van der Waals surface area contributed by atoms with Gasteiger partial charge in [0.1, 0.15) is 23.4 Å². The number of hydrogen-bond donors (Lipinski definition) is 5. The zero-order chi connectivity index (χ0) is 39.9. The fourth-order valence-electron chi connectivity index (χ4n) is 8.82. The number of phenolic OH excluding ortho intramolecular Hbond substituents is 1. The zero-order valence-corrected chi connectivity index (χ0v) is 33.2. The Morgan fingerprint density at radius 2 is 1.84 bits per heavy atom. The van der Waals surface area contributed by atoms with Gasteiger partial charge in [0.2, 0.25) is 5.56 Å². The van der Waals surface area contributed by atoms with Crippen molar-refractivity contribution < 1.29 is 34.0 Å². The van der Waals surface area contributed by atoms with Gasteiger partial charge in [0.25, 0.3) is 5.91 Å². The topological polar surface area (TPSA) is 162 Å². The largest absolute Gasteiger partial charge is 0.506 e. The molecule has 0 spiro atoms. The molecule has 2 bridgehead atoms. The van der Waals surface area contributed by atoms with E-state index < -0.39 is 11.5 Å². The second-order valence-electron chi connectivity index (χ2n) is 15.7.